The third-order valence-electron chi connectivity index (χ3n) is 1.80. The van der Waals surface area contributed by atoms with Gasteiger partial charge in [0.2, 0.25) is 0 Å². The Bertz CT molecular complexity index is 321. The van der Waals surface area contributed by atoms with Gasteiger partial charge in [-0.05, 0) is 6.42 Å². The summed E-state index contributed by atoms with van der Waals surface area (Å²) in [6, 6.07) is 0. The fraction of sp³-hybridized carbons (Fsp3) is 0.625. The molecule has 0 saturated carbocycles. The molecule has 1 aromatic heterocycles. The van der Waals surface area contributed by atoms with Crippen molar-refractivity contribution in [1.82, 2.24) is 9.78 Å². The molecule has 0 aliphatic heterocycles. The van der Waals surface area contributed by atoms with Crippen LogP contribution in [0.4, 0.5) is 17.6 Å². The highest BCUT2D eigenvalue weighted by atomic mass is 19.4. The van der Waals surface area contributed by atoms with Gasteiger partial charge in [0.15, 0.2) is 5.69 Å². The Morgan fingerprint density at radius 1 is 1.40 bits per heavy atom. The summed E-state index contributed by atoms with van der Waals surface area (Å²) < 4.78 is 49.9. The van der Waals surface area contributed by atoms with Crippen molar-refractivity contribution in [2.75, 3.05) is 13.3 Å². The van der Waals surface area contributed by atoms with Crippen molar-refractivity contribution in [3.05, 3.63) is 17.5 Å². The van der Waals surface area contributed by atoms with E-state index in [4.69, 9.17) is 5.11 Å². The van der Waals surface area contributed by atoms with Crippen LogP contribution in [0.15, 0.2) is 6.20 Å². The van der Waals surface area contributed by atoms with Crippen LogP contribution in [0.25, 0.3) is 0 Å². The number of rotatable bonds is 4. The van der Waals surface area contributed by atoms with E-state index in [0.29, 0.717) is 0 Å². The Morgan fingerprint density at radius 3 is 2.53 bits per heavy atom. The van der Waals surface area contributed by atoms with Crippen molar-refractivity contribution < 1.29 is 22.7 Å². The van der Waals surface area contributed by atoms with E-state index in [-0.39, 0.29) is 18.5 Å². The van der Waals surface area contributed by atoms with Crippen molar-refractivity contribution in [1.29, 1.82) is 0 Å². The molecule has 0 aromatic carbocycles. The molecule has 15 heavy (non-hydrogen) atoms. The second-order valence-corrected chi connectivity index (χ2v) is 2.93. The van der Waals surface area contributed by atoms with Crippen molar-refractivity contribution >= 4 is 0 Å². The van der Waals surface area contributed by atoms with Gasteiger partial charge < -0.3 is 5.11 Å². The fourth-order valence-corrected chi connectivity index (χ4v) is 1.21. The third kappa shape index (κ3) is 2.92. The maximum absolute atomic E-state index is 12.4. The Kier molecular flexibility index (Phi) is 3.67. The van der Waals surface area contributed by atoms with Crippen LogP contribution in [0.5, 0.6) is 0 Å². The summed E-state index contributed by atoms with van der Waals surface area (Å²) in [6.45, 7) is -1.39. The van der Waals surface area contributed by atoms with E-state index in [0.717, 1.165) is 10.9 Å². The largest absolute Gasteiger partial charge is 0.435 e. The van der Waals surface area contributed by atoms with E-state index in [9.17, 15) is 17.6 Å². The van der Waals surface area contributed by atoms with E-state index in [2.05, 4.69) is 5.10 Å². The summed E-state index contributed by atoms with van der Waals surface area (Å²) >= 11 is 0. The van der Waals surface area contributed by atoms with Gasteiger partial charge in [0.05, 0.1) is 6.54 Å². The Labute approximate surface area is 83.3 Å². The van der Waals surface area contributed by atoms with Gasteiger partial charge in [-0.3, -0.25) is 4.68 Å². The quantitative estimate of drug-likeness (QED) is 0.788. The zero-order valence-electron chi connectivity index (χ0n) is 7.76. The number of aliphatic hydroxyl groups is 1. The molecule has 0 bridgehead atoms. The Hall–Kier alpha value is -1.11. The van der Waals surface area contributed by atoms with Gasteiger partial charge in [0, 0.05) is 18.4 Å². The highest BCUT2D eigenvalue weighted by molar-refractivity contribution is 5.20. The summed E-state index contributed by atoms with van der Waals surface area (Å²) in [4.78, 5) is 0. The lowest BCUT2D eigenvalue weighted by atomic mass is 10.2. The molecule has 0 aliphatic carbocycles. The molecule has 0 radical (unpaired) electrons. The molecule has 7 heteroatoms. The van der Waals surface area contributed by atoms with Gasteiger partial charge >= 0.3 is 6.18 Å². The molecule has 0 amide bonds. The first-order valence-corrected chi connectivity index (χ1v) is 4.29. The number of nitrogens with zero attached hydrogens (tertiary/aromatic N) is 2. The average Bonchev–Trinajstić information content (AvgIpc) is 2.49. The summed E-state index contributed by atoms with van der Waals surface area (Å²) in [6.07, 6.45) is -3.59. The zero-order valence-corrected chi connectivity index (χ0v) is 7.76. The molecule has 0 saturated heterocycles. The number of aromatic nitrogens is 2. The second-order valence-electron chi connectivity index (χ2n) is 2.93. The summed E-state index contributed by atoms with van der Waals surface area (Å²) in [5, 5.41) is 11.8. The predicted octanol–water partition coefficient (Wildman–Crippen LogP) is 1.41. The van der Waals surface area contributed by atoms with E-state index in [1.165, 1.54) is 0 Å². The SMILES string of the molecule is OCCc1cn(CCF)nc1C(F)(F)F. The molecule has 3 nitrogen and oxygen atoms in total. The van der Waals surface area contributed by atoms with E-state index in [1.807, 2.05) is 0 Å². The molecule has 0 aliphatic rings. The molecule has 86 valence electrons. The first-order chi connectivity index (χ1) is 6.99. The smallest absolute Gasteiger partial charge is 0.396 e. The molecule has 0 unspecified atom stereocenters. The molecule has 0 fully saturated rings. The van der Waals surface area contributed by atoms with E-state index >= 15 is 0 Å². The first kappa shape index (κ1) is 12.0. The highest BCUT2D eigenvalue weighted by Crippen LogP contribution is 2.30. The molecule has 1 aromatic rings. The Morgan fingerprint density at radius 2 is 2.07 bits per heavy atom. The minimum atomic E-state index is -4.56. The minimum absolute atomic E-state index is 0.113. The number of aryl methyl sites for hydroxylation is 1. The molecule has 1 rings (SSSR count). The van der Waals surface area contributed by atoms with Gasteiger partial charge in [-0.15, -0.1) is 0 Å². The van der Waals surface area contributed by atoms with Crippen LogP contribution >= 0.6 is 0 Å². The maximum atomic E-state index is 12.4. The molecule has 1 heterocycles. The lowest BCUT2D eigenvalue weighted by Crippen LogP contribution is -2.11. The molecule has 0 atom stereocenters. The van der Waals surface area contributed by atoms with Crippen molar-refractivity contribution in [2.45, 2.75) is 19.1 Å². The number of halogens is 4. The fourth-order valence-electron chi connectivity index (χ4n) is 1.21. The highest BCUT2D eigenvalue weighted by Gasteiger charge is 2.36. The number of aliphatic hydroxyl groups excluding tert-OH is 1. The monoisotopic (exact) mass is 226 g/mol. The van der Waals surface area contributed by atoms with Crippen LogP contribution < -0.4 is 0 Å². The zero-order chi connectivity index (χ0) is 11.5. The van der Waals surface area contributed by atoms with Crippen LogP contribution in [-0.4, -0.2) is 28.2 Å². The lowest BCUT2D eigenvalue weighted by molar-refractivity contribution is -0.142. The van der Waals surface area contributed by atoms with Gasteiger partial charge in [-0.25, -0.2) is 4.39 Å². The molecule has 1 N–H and O–H groups in total. The normalized spacial score (nSPS) is 12.1. The third-order valence-corrected chi connectivity index (χ3v) is 1.80. The van der Waals surface area contributed by atoms with Crippen LogP contribution in [-0.2, 0) is 19.1 Å². The molecular weight excluding hydrogens is 216 g/mol. The minimum Gasteiger partial charge on any atom is -0.396 e. The molecular formula is C8H10F4N2O. The van der Waals surface area contributed by atoms with E-state index in [1.54, 1.807) is 0 Å². The van der Waals surface area contributed by atoms with Crippen LogP contribution in [0.1, 0.15) is 11.3 Å². The van der Waals surface area contributed by atoms with Crippen LogP contribution in [0.3, 0.4) is 0 Å². The standard InChI is InChI=1S/C8H10F4N2O/c9-2-3-14-5-6(1-4-15)7(13-14)8(10,11)12/h5,15H,1-4H2. The number of alkyl halides is 4. The summed E-state index contributed by atoms with van der Waals surface area (Å²) in [7, 11) is 0. The number of hydrogen-bond donors (Lipinski definition) is 1. The van der Waals surface area contributed by atoms with Crippen molar-refractivity contribution in [3.8, 4) is 0 Å². The summed E-state index contributed by atoms with van der Waals surface area (Å²) in [5.41, 5.74) is -1.16. The lowest BCUT2D eigenvalue weighted by Gasteiger charge is -2.04. The first-order valence-electron chi connectivity index (χ1n) is 4.29. The topological polar surface area (TPSA) is 38.0 Å². The Balaban J connectivity index is 3.00. The average molecular weight is 226 g/mol. The van der Waals surface area contributed by atoms with Gasteiger partial charge in [0.1, 0.15) is 6.67 Å². The van der Waals surface area contributed by atoms with Gasteiger partial charge in [-0.2, -0.15) is 18.3 Å². The predicted molar refractivity (Wildman–Crippen MR) is 44.0 cm³/mol. The van der Waals surface area contributed by atoms with E-state index < -0.39 is 25.2 Å². The molecule has 0 spiro atoms. The number of hydrogen-bond acceptors (Lipinski definition) is 2. The second kappa shape index (κ2) is 4.61. The van der Waals surface area contributed by atoms with Crippen molar-refractivity contribution in [2.24, 2.45) is 0 Å². The van der Waals surface area contributed by atoms with Crippen LogP contribution in [0.2, 0.25) is 0 Å². The van der Waals surface area contributed by atoms with Gasteiger partial charge in [0.25, 0.3) is 0 Å². The van der Waals surface area contributed by atoms with Gasteiger partial charge in [-0.1, -0.05) is 0 Å². The maximum Gasteiger partial charge on any atom is 0.435 e. The van der Waals surface area contributed by atoms with Crippen molar-refractivity contribution in [3.63, 3.8) is 0 Å². The van der Waals surface area contributed by atoms with Crippen LogP contribution in [0, 0.1) is 0 Å². The summed E-state index contributed by atoms with van der Waals surface area (Å²) in [5.74, 6) is 0.